The van der Waals surface area contributed by atoms with E-state index in [2.05, 4.69) is 31.4 Å². The summed E-state index contributed by atoms with van der Waals surface area (Å²) in [7, 11) is 3.16. The zero-order valence-electron chi connectivity index (χ0n) is 38.8. The van der Waals surface area contributed by atoms with Crippen molar-refractivity contribution >= 4 is 46.8 Å². The molecule has 0 bridgehead atoms. The van der Waals surface area contributed by atoms with E-state index >= 15 is 0 Å². The first-order chi connectivity index (χ1) is 32.4. The molecular weight excluding hydrogens is 893 g/mol. The van der Waals surface area contributed by atoms with E-state index in [0.29, 0.717) is 24.2 Å². The quantitative estimate of drug-likeness (QED) is 0.0812. The van der Waals surface area contributed by atoms with Gasteiger partial charge in [0.2, 0.25) is 17.7 Å². The number of aliphatic hydroxyl groups excluding tert-OH is 1. The number of aromatic hydroxyl groups is 1. The molecule has 358 valence electrons. The molecule has 3 aromatic carbocycles. The lowest BCUT2D eigenvalue weighted by Crippen LogP contribution is -2.57. The maximum atomic E-state index is 14.0. The van der Waals surface area contributed by atoms with E-state index in [0.717, 1.165) is 32.8 Å². The van der Waals surface area contributed by atoms with E-state index in [9.17, 15) is 39.0 Å². The van der Waals surface area contributed by atoms with Crippen molar-refractivity contribution in [1.82, 2.24) is 41.2 Å². The van der Waals surface area contributed by atoms with Crippen LogP contribution in [-0.4, -0.2) is 118 Å². The number of benzene rings is 3. The molecule has 68 heavy (non-hydrogen) atoms. The van der Waals surface area contributed by atoms with Crippen LogP contribution < -0.4 is 26.0 Å². The van der Waals surface area contributed by atoms with Crippen LogP contribution >= 0.6 is 11.3 Å². The van der Waals surface area contributed by atoms with E-state index in [1.165, 1.54) is 28.0 Å². The Balaban J connectivity index is 0.864. The molecule has 6 amide bonds. The number of likely N-dealkylation sites (tertiary alicyclic amines) is 1. The van der Waals surface area contributed by atoms with Gasteiger partial charge in [0.25, 0.3) is 17.7 Å². The summed E-state index contributed by atoms with van der Waals surface area (Å²) in [6.45, 7) is 7.11. The van der Waals surface area contributed by atoms with Gasteiger partial charge in [-0.25, -0.2) is 4.98 Å². The summed E-state index contributed by atoms with van der Waals surface area (Å²) < 4.78 is 11.2. The molecule has 2 aromatic heterocycles. The average Bonchev–Trinajstić information content (AvgIpc) is 4.13. The molecule has 1 fully saturated rings. The number of carbonyl (C=O) groups excluding carboxylic acids is 6. The summed E-state index contributed by atoms with van der Waals surface area (Å²) in [4.78, 5) is 87.1. The van der Waals surface area contributed by atoms with Crippen molar-refractivity contribution < 1.29 is 48.2 Å². The topological polar surface area (TPSA) is 246 Å². The van der Waals surface area contributed by atoms with Crippen molar-refractivity contribution in [2.75, 3.05) is 33.8 Å². The number of ether oxygens (including phenoxy) is 1. The average molecular weight is 949 g/mol. The van der Waals surface area contributed by atoms with Gasteiger partial charge < -0.3 is 50.5 Å². The first-order valence-corrected chi connectivity index (χ1v) is 23.1. The summed E-state index contributed by atoms with van der Waals surface area (Å²) in [6.07, 6.45) is 0.324. The summed E-state index contributed by atoms with van der Waals surface area (Å²) in [5, 5.41) is 36.3. The number of fused-ring (bicyclic) bond motifs is 1. The largest absolute Gasteiger partial charge is 0.507 e. The number of hydrogen-bond donors (Lipinski definition) is 6. The molecule has 0 radical (unpaired) electrons. The number of phenols is 1. The zero-order valence-corrected chi connectivity index (χ0v) is 39.6. The minimum atomic E-state index is -1.03. The molecule has 1 aliphatic carbocycles. The van der Waals surface area contributed by atoms with Gasteiger partial charge in [0, 0.05) is 58.2 Å². The van der Waals surface area contributed by atoms with Gasteiger partial charge in [-0.3, -0.25) is 28.8 Å². The number of nitrogens with one attached hydrogen (secondary N) is 4. The fourth-order valence-electron chi connectivity index (χ4n) is 8.21. The maximum Gasteiger partial charge on any atom is 0.273 e. The molecule has 18 nitrogen and oxygen atoms in total. The Morgan fingerprint density at radius 1 is 0.971 bits per heavy atom. The molecule has 1 aliphatic heterocycles. The van der Waals surface area contributed by atoms with E-state index in [-0.39, 0.29) is 73.8 Å². The molecule has 1 saturated heterocycles. The highest BCUT2D eigenvalue weighted by molar-refractivity contribution is 7.13. The number of aliphatic hydroxyl groups is 1. The Labute approximate surface area is 397 Å². The second kappa shape index (κ2) is 20.8. The van der Waals surface area contributed by atoms with E-state index in [1.807, 2.05) is 37.3 Å². The highest BCUT2D eigenvalue weighted by atomic mass is 32.1. The van der Waals surface area contributed by atoms with Crippen LogP contribution in [0, 0.1) is 12.3 Å². The molecule has 19 heteroatoms. The number of β-amino-alcohol motifs (C(OH)–C–C–N with tert-alkyl or cyclic N) is 1. The van der Waals surface area contributed by atoms with Crippen molar-refractivity contribution in [2.24, 2.45) is 5.41 Å². The highest BCUT2D eigenvalue weighted by Gasteiger charge is 2.44. The lowest BCUT2D eigenvalue weighted by Gasteiger charge is -2.35. The molecule has 5 aromatic rings. The number of carbonyl (C=O) groups is 6. The first-order valence-electron chi connectivity index (χ1n) is 22.3. The molecule has 0 saturated carbocycles. The standard InChI is InChI=1S/C49H56N8O10S/c1-27-43(68-26-52-27)30-9-7-28(8-10-30)23-51-46(63)38-20-32(58)24-57(38)48(65)44(49(2,3)4)54-41(60)17-18-50-42(61)25-66-33-14-11-29-13-16-36(35(29)21-33)53-45(62)37-22-40(67-55-37)31-12-15-34(39(59)19-31)47(64)56(5)6/h7-12,14-15,19,21-22,26,32,36,38,44,58-59H,13,16-18,20,23-25H2,1-6H3,(H,50,61)(H,51,63)(H,53,62)(H,54,60)/t32-,36-,38+,44-/m1/s1. The molecular formula is C49H56N8O10S. The number of nitrogens with zero attached hydrogens (tertiary/aromatic N) is 4. The zero-order chi connectivity index (χ0) is 48.9. The maximum absolute atomic E-state index is 14.0. The summed E-state index contributed by atoms with van der Waals surface area (Å²) >= 11 is 1.56. The second-order valence-electron chi connectivity index (χ2n) is 18.3. The molecule has 7 rings (SSSR count). The Bertz CT molecular complexity index is 2690. The van der Waals surface area contributed by atoms with Crippen molar-refractivity contribution in [1.29, 1.82) is 0 Å². The number of thiazole rings is 1. The Morgan fingerprint density at radius 2 is 1.72 bits per heavy atom. The van der Waals surface area contributed by atoms with Gasteiger partial charge in [-0.1, -0.05) is 62.3 Å². The smallest absolute Gasteiger partial charge is 0.273 e. The van der Waals surface area contributed by atoms with Crippen LogP contribution in [0.25, 0.3) is 21.8 Å². The first kappa shape index (κ1) is 48.8. The van der Waals surface area contributed by atoms with E-state index in [4.69, 9.17) is 9.26 Å². The monoisotopic (exact) mass is 948 g/mol. The lowest BCUT2D eigenvalue weighted by atomic mass is 9.85. The van der Waals surface area contributed by atoms with Crippen LogP contribution in [0.4, 0.5) is 0 Å². The SMILES string of the molecule is Cc1ncsc1-c1ccc(CNC(=O)[C@@H]2C[C@@H](O)CN2C(=O)[C@@H](NC(=O)CCNC(=O)COc2ccc3c(c2)[C@H](NC(=O)c2cc(-c4ccc(C(=O)N(C)C)c(O)c4)on2)CC3)C(C)(C)C)cc1. The fourth-order valence-corrected chi connectivity index (χ4v) is 9.02. The van der Waals surface area contributed by atoms with Crippen molar-refractivity contribution in [3.8, 4) is 33.3 Å². The fraction of sp³-hybridized carbons (Fsp3) is 0.388. The lowest BCUT2D eigenvalue weighted by molar-refractivity contribution is -0.144. The number of hydrogen-bond acceptors (Lipinski definition) is 13. The van der Waals surface area contributed by atoms with Crippen LogP contribution in [0.2, 0.25) is 0 Å². The molecule has 0 unspecified atom stereocenters. The van der Waals surface area contributed by atoms with Gasteiger partial charge in [-0.05, 0) is 71.7 Å². The van der Waals surface area contributed by atoms with Crippen molar-refractivity contribution in [3.63, 3.8) is 0 Å². The predicted octanol–water partition coefficient (Wildman–Crippen LogP) is 4.29. The normalized spacial score (nSPS) is 16.9. The number of rotatable bonds is 16. The molecule has 4 atom stereocenters. The van der Waals surface area contributed by atoms with Gasteiger partial charge in [-0.15, -0.1) is 11.3 Å². The number of amides is 6. The van der Waals surface area contributed by atoms with Crippen molar-refractivity contribution in [2.45, 2.75) is 84.2 Å². The van der Waals surface area contributed by atoms with Crippen LogP contribution in [0.1, 0.15) is 89.3 Å². The summed E-state index contributed by atoms with van der Waals surface area (Å²) in [6, 6.07) is 16.7. The summed E-state index contributed by atoms with van der Waals surface area (Å²) in [5.74, 6) is -2.32. The number of phenolic OH excluding ortho intramolecular Hbond substituents is 1. The Morgan fingerprint density at radius 3 is 2.41 bits per heavy atom. The number of aryl methyl sites for hydroxylation is 2. The van der Waals surface area contributed by atoms with Crippen LogP contribution in [0.15, 0.2) is 76.8 Å². The van der Waals surface area contributed by atoms with Crippen LogP contribution in [0.3, 0.4) is 0 Å². The van der Waals surface area contributed by atoms with Gasteiger partial charge in [-0.2, -0.15) is 0 Å². The highest BCUT2D eigenvalue weighted by Crippen LogP contribution is 2.35. The van der Waals surface area contributed by atoms with Gasteiger partial charge >= 0.3 is 0 Å². The van der Waals surface area contributed by atoms with Gasteiger partial charge in [0.15, 0.2) is 18.1 Å². The van der Waals surface area contributed by atoms with Crippen LogP contribution in [0.5, 0.6) is 11.5 Å². The second-order valence-corrected chi connectivity index (χ2v) is 19.1. The van der Waals surface area contributed by atoms with Crippen LogP contribution in [-0.2, 0) is 32.1 Å². The van der Waals surface area contributed by atoms with E-state index < -0.39 is 53.1 Å². The third kappa shape index (κ3) is 11.5. The van der Waals surface area contributed by atoms with Crippen molar-refractivity contribution in [3.05, 3.63) is 106 Å². The third-order valence-corrected chi connectivity index (χ3v) is 12.9. The molecule has 2 aliphatic rings. The summed E-state index contributed by atoms with van der Waals surface area (Å²) in [5.41, 5.74) is 6.29. The number of aromatic nitrogens is 2. The van der Waals surface area contributed by atoms with Gasteiger partial charge in [0.05, 0.1) is 33.8 Å². The van der Waals surface area contributed by atoms with E-state index in [1.54, 1.807) is 69.9 Å². The third-order valence-electron chi connectivity index (χ3n) is 11.9. The minimum absolute atomic E-state index is 0.0247. The Hall–Kier alpha value is -7.12. The molecule has 0 spiro atoms. The minimum Gasteiger partial charge on any atom is -0.507 e. The van der Waals surface area contributed by atoms with Gasteiger partial charge in [0.1, 0.15) is 23.6 Å². The molecule has 6 N–H and O–H groups in total. The Kier molecular flexibility index (Phi) is 14.9. The predicted molar refractivity (Wildman–Crippen MR) is 251 cm³/mol. The molecule has 3 heterocycles.